The van der Waals surface area contributed by atoms with E-state index in [0.717, 1.165) is 38.5 Å². The molecule has 1 N–H and O–H groups in total. The van der Waals surface area contributed by atoms with Crippen LogP contribution in [0.15, 0.2) is 12.1 Å². The Bertz CT molecular complexity index is 408. The van der Waals surface area contributed by atoms with Crippen LogP contribution in [0, 0.1) is 18.6 Å². The first-order chi connectivity index (χ1) is 10.1. The quantitative estimate of drug-likeness (QED) is 0.506. The maximum Gasteiger partial charge on any atom is 0.152 e. The van der Waals surface area contributed by atoms with Gasteiger partial charge in [0.1, 0.15) is 11.5 Å². The van der Waals surface area contributed by atoms with E-state index in [-0.39, 0.29) is 11.7 Å². The Kier molecular flexibility index (Phi) is 8.33. The number of benzene rings is 1. The number of halogens is 2. The number of hydrogen-bond donors (Lipinski definition) is 1. The minimum Gasteiger partial charge on any atom is -0.378 e. The Morgan fingerprint density at radius 2 is 1.52 bits per heavy atom. The van der Waals surface area contributed by atoms with Crippen LogP contribution in [0.3, 0.4) is 0 Å². The lowest BCUT2D eigenvalue weighted by atomic mass is 10.0. The second kappa shape index (κ2) is 9.75. The summed E-state index contributed by atoms with van der Waals surface area (Å²) in [5, 5.41) is 3.12. The monoisotopic (exact) mass is 297 g/mol. The molecule has 0 radical (unpaired) electrons. The van der Waals surface area contributed by atoms with E-state index in [1.807, 2.05) is 0 Å². The van der Waals surface area contributed by atoms with Crippen LogP contribution >= 0.6 is 0 Å². The summed E-state index contributed by atoms with van der Waals surface area (Å²) in [6.45, 7) is 6.00. The van der Waals surface area contributed by atoms with E-state index < -0.39 is 11.6 Å². The fraction of sp³-hybridized carbons (Fsp3) is 0.667. The number of anilines is 1. The van der Waals surface area contributed by atoms with Crippen molar-refractivity contribution in [3.63, 3.8) is 0 Å². The highest BCUT2D eigenvalue weighted by molar-refractivity contribution is 5.49. The molecular formula is C18H29F2N. The minimum atomic E-state index is -0.492. The van der Waals surface area contributed by atoms with Gasteiger partial charge in [-0.2, -0.15) is 0 Å². The highest BCUT2D eigenvalue weighted by Gasteiger charge is 2.16. The second-order valence-corrected chi connectivity index (χ2v) is 5.89. The first-order valence-corrected chi connectivity index (χ1v) is 8.31. The van der Waals surface area contributed by atoms with Gasteiger partial charge in [0.15, 0.2) is 5.82 Å². The molecule has 0 aromatic heterocycles. The third-order valence-corrected chi connectivity index (χ3v) is 3.94. The first kappa shape index (κ1) is 17.9. The maximum atomic E-state index is 14.1. The normalized spacial score (nSPS) is 11.1. The molecule has 0 aliphatic carbocycles. The highest BCUT2D eigenvalue weighted by Crippen LogP contribution is 2.25. The molecule has 3 heteroatoms. The summed E-state index contributed by atoms with van der Waals surface area (Å²) in [5.41, 5.74) is 0.535. The van der Waals surface area contributed by atoms with E-state index in [4.69, 9.17) is 0 Å². The number of aryl methyl sites for hydroxylation is 1. The molecule has 0 aliphatic heterocycles. The van der Waals surface area contributed by atoms with Gasteiger partial charge in [-0.05, 0) is 31.4 Å². The van der Waals surface area contributed by atoms with Gasteiger partial charge >= 0.3 is 0 Å². The third kappa shape index (κ3) is 6.03. The van der Waals surface area contributed by atoms with Gasteiger partial charge in [0.2, 0.25) is 0 Å². The largest absolute Gasteiger partial charge is 0.378 e. The number of nitrogens with one attached hydrogen (secondary N) is 1. The summed E-state index contributed by atoms with van der Waals surface area (Å²) < 4.78 is 28.0. The van der Waals surface area contributed by atoms with E-state index in [9.17, 15) is 8.78 Å². The molecule has 0 heterocycles. The molecule has 0 aliphatic rings. The molecule has 1 nitrogen and oxygen atoms in total. The molecule has 0 atom stereocenters. The zero-order valence-electron chi connectivity index (χ0n) is 13.6. The van der Waals surface area contributed by atoms with Crippen LogP contribution in [0.2, 0.25) is 0 Å². The van der Waals surface area contributed by atoms with E-state index in [0.29, 0.717) is 5.56 Å². The van der Waals surface area contributed by atoms with Crippen molar-refractivity contribution in [3.05, 3.63) is 29.3 Å². The highest BCUT2D eigenvalue weighted by atomic mass is 19.1. The van der Waals surface area contributed by atoms with Gasteiger partial charge in [0.05, 0.1) is 0 Å². The van der Waals surface area contributed by atoms with Crippen LogP contribution < -0.4 is 5.32 Å². The van der Waals surface area contributed by atoms with Crippen molar-refractivity contribution in [2.75, 3.05) is 5.32 Å². The van der Waals surface area contributed by atoms with Gasteiger partial charge < -0.3 is 5.32 Å². The standard InChI is InChI=1S/C18H29F2N/c1-4-6-8-10-15(11-9-7-5-2)21-18-16(19)13-12-14(3)17(18)20/h12-13,15,21H,4-11H2,1-3H3. The Morgan fingerprint density at radius 1 is 0.952 bits per heavy atom. The number of rotatable bonds is 10. The molecular weight excluding hydrogens is 268 g/mol. The van der Waals surface area contributed by atoms with Crippen molar-refractivity contribution in [3.8, 4) is 0 Å². The minimum absolute atomic E-state index is 0.0491. The summed E-state index contributed by atoms with van der Waals surface area (Å²) in [6, 6.07) is 2.99. The smallest absolute Gasteiger partial charge is 0.152 e. The van der Waals surface area contributed by atoms with Crippen LogP contribution in [-0.4, -0.2) is 6.04 Å². The van der Waals surface area contributed by atoms with Crippen LogP contribution in [-0.2, 0) is 0 Å². The van der Waals surface area contributed by atoms with Gasteiger partial charge in [0.25, 0.3) is 0 Å². The lowest BCUT2D eigenvalue weighted by molar-refractivity contribution is 0.514. The summed E-state index contributed by atoms with van der Waals surface area (Å²) in [7, 11) is 0. The van der Waals surface area contributed by atoms with Crippen molar-refractivity contribution in [2.24, 2.45) is 0 Å². The van der Waals surface area contributed by atoms with Crippen LogP contribution in [0.5, 0.6) is 0 Å². The topological polar surface area (TPSA) is 12.0 Å². The number of unbranched alkanes of at least 4 members (excludes halogenated alkanes) is 4. The lowest BCUT2D eigenvalue weighted by Crippen LogP contribution is -2.21. The van der Waals surface area contributed by atoms with Crippen LogP contribution in [0.25, 0.3) is 0 Å². The predicted molar refractivity (Wildman–Crippen MR) is 86.8 cm³/mol. The van der Waals surface area contributed by atoms with Gasteiger partial charge in [-0.1, -0.05) is 58.4 Å². The van der Waals surface area contributed by atoms with E-state index >= 15 is 0 Å². The summed E-state index contributed by atoms with van der Waals surface area (Å²) in [6.07, 6.45) is 8.83. The summed E-state index contributed by atoms with van der Waals surface area (Å²) in [5.74, 6) is -0.944. The van der Waals surface area contributed by atoms with Gasteiger partial charge in [-0.15, -0.1) is 0 Å². The molecule has 0 bridgehead atoms. The average Bonchev–Trinajstić information content (AvgIpc) is 2.47. The van der Waals surface area contributed by atoms with Crippen molar-refractivity contribution < 1.29 is 8.78 Å². The first-order valence-electron chi connectivity index (χ1n) is 8.31. The molecule has 120 valence electrons. The van der Waals surface area contributed by atoms with Gasteiger partial charge in [0, 0.05) is 6.04 Å². The second-order valence-electron chi connectivity index (χ2n) is 5.89. The van der Waals surface area contributed by atoms with Crippen molar-refractivity contribution in [1.29, 1.82) is 0 Å². The molecule has 1 rings (SSSR count). The van der Waals surface area contributed by atoms with Crippen molar-refractivity contribution >= 4 is 5.69 Å². The van der Waals surface area contributed by atoms with E-state index in [2.05, 4.69) is 19.2 Å². The Hall–Kier alpha value is -1.12. The van der Waals surface area contributed by atoms with Crippen molar-refractivity contribution in [2.45, 2.75) is 78.2 Å². The summed E-state index contributed by atoms with van der Waals surface area (Å²) in [4.78, 5) is 0. The molecule has 0 saturated heterocycles. The Morgan fingerprint density at radius 3 is 2.05 bits per heavy atom. The van der Waals surface area contributed by atoms with Crippen LogP contribution in [0.4, 0.5) is 14.5 Å². The molecule has 21 heavy (non-hydrogen) atoms. The zero-order chi connectivity index (χ0) is 15.7. The van der Waals surface area contributed by atoms with Gasteiger partial charge in [-0.3, -0.25) is 0 Å². The molecule has 0 amide bonds. The molecule has 0 spiro atoms. The zero-order valence-corrected chi connectivity index (χ0v) is 13.6. The van der Waals surface area contributed by atoms with Crippen molar-refractivity contribution in [1.82, 2.24) is 0 Å². The molecule has 0 saturated carbocycles. The Balaban J connectivity index is 2.72. The molecule has 0 fully saturated rings. The van der Waals surface area contributed by atoms with E-state index in [1.165, 1.54) is 25.0 Å². The molecule has 1 aromatic rings. The fourth-order valence-corrected chi connectivity index (χ4v) is 2.56. The Labute approximate surface area is 128 Å². The average molecular weight is 297 g/mol. The molecule has 1 aromatic carbocycles. The SMILES string of the molecule is CCCCCC(CCCCC)Nc1c(F)ccc(C)c1F. The lowest BCUT2D eigenvalue weighted by Gasteiger charge is -2.21. The maximum absolute atomic E-state index is 14.1. The predicted octanol–water partition coefficient (Wildman–Crippen LogP) is 6.21. The van der Waals surface area contributed by atoms with Crippen LogP contribution in [0.1, 0.15) is 70.8 Å². The van der Waals surface area contributed by atoms with E-state index in [1.54, 1.807) is 6.92 Å². The molecule has 0 unspecified atom stereocenters. The summed E-state index contributed by atoms with van der Waals surface area (Å²) >= 11 is 0. The fourth-order valence-electron chi connectivity index (χ4n) is 2.56. The third-order valence-electron chi connectivity index (χ3n) is 3.94. The van der Waals surface area contributed by atoms with Gasteiger partial charge in [-0.25, -0.2) is 8.78 Å². The number of hydrogen-bond acceptors (Lipinski definition) is 1.